The molecule has 0 heterocycles. The lowest BCUT2D eigenvalue weighted by Crippen LogP contribution is -2.08. The van der Waals surface area contributed by atoms with Gasteiger partial charge in [0.15, 0.2) is 0 Å². The lowest BCUT2D eigenvalue weighted by Gasteiger charge is -2.21. The molecular formula is C21H18. The first-order valence-corrected chi connectivity index (χ1v) is 7.57. The van der Waals surface area contributed by atoms with Crippen molar-refractivity contribution in [1.29, 1.82) is 0 Å². The van der Waals surface area contributed by atoms with Crippen molar-refractivity contribution >= 4 is 0 Å². The van der Waals surface area contributed by atoms with Crippen molar-refractivity contribution in [2.24, 2.45) is 5.92 Å². The van der Waals surface area contributed by atoms with E-state index in [0.29, 0.717) is 11.8 Å². The zero-order valence-electron chi connectivity index (χ0n) is 12.2. The van der Waals surface area contributed by atoms with Crippen LogP contribution in [-0.2, 0) is 0 Å². The number of hydrogen-bond acceptors (Lipinski definition) is 0. The predicted molar refractivity (Wildman–Crippen MR) is 89.4 cm³/mol. The molecular weight excluding hydrogens is 252 g/mol. The second kappa shape index (κ2) is 4.89. The van der Waals surface area contributed by atoms with Crippen molar-refractivity contribution in [3.05, 3.63) is 95.6 Å². The molecule has 1 atom stereocenters. The molecule has 21 heavy (non-hydrogen) atoms. The Morgan fingerprint density at radius 3 is 2.24 bits per heavy atom. The molecule has 0 aliphatic heterocycles. The van der Waals surface area contributed by atoms with E-state index in [-0.39, 0.29) is 0 Å². The van der Waals surface area contributed by atoms with Gasteiger partial charge in [-0.1, -0.05) is 78.9 Å². The summed E-state index contributed by atoms with van der Waals surface area (Å²) in [5, 5.41) is 0. The Morgan fingerprint density at radius 2 is 1.43 bits per heavy atom. The topological polar surface area (TPSA) is 0 Å². The zero-order valence-corrected chi connectivity index (χ0v) is 12.2. The van der Waals surface area contributed by atoms with Crippen molar-refractivity contribution < 1.29 is 0 Å². The summed E-state index contributed by atoms with van der Waals surface area (Å²) in [6.07, 6.45) is 13.2. The SMILES string of the molecule is Cc1cccc2c1C(C1C=CC=CC=C1)c1ccccc1-2. The van der Waals surface area contributed by atoms with Crippen molar-refractivity contribution in [3.8, 4) is 11.1 Å². The molecule has 0 fully saturated rings. The van der Waals surface area contributed by atoms with Crippen molar-refractivity contribution in [3.63, 3.8) is 0 Å². The lowest BCUT2D eigenvalue weighted by atomic mass is 9.82. The summed E-state index contributed by atoms with van der Waals surface area (Å²) in [5.41, 5.74) is 7.17. The third-order valence-electron chi connectivity index (χ3n) is 4.61. The van der Waals surface area contributed by atoms with Gasteiger partial charge in [-0.25, -0.2) is 0 Å². The van der Waals surface area contributed by atoms with E-state index >= 15 is 0 Å². The van der Waals surface area contributed by atoms with Crippen LogP contribution in [0.4, 0.5) is 0 Å². The average molecular weight is 270 g/mol. The van der Waals surface area contributed by atoms with E-state index < -0.39 is 0 Å². The maximum atomic E-state index is 2.32. The van der Waals surface area contributed by atoms with E-state index in [1.165, 1.54) is 27.8 Å². The zero-order chi connectivity index (χ0) is 14.2. The molecule has 0 saturated carbocycles. The monoisotopic (exact) mass is 270 g/mol. The van der Waals surface area contributed by atoms with E-state index in [1.54, 1.807) is 0 Å². The second-order valence-electron chi connectivity index (χ2n) is 5.83. The summed E-state index contributed by atoms with van der Waals surface area (Å²) in [5.74, 6) is 0.855. The second-order valence-corrected chi connectivity index (χ2v) is 5.83. The summed E-state index contributed by atoms with van der Waals surface area (Å²) in [4.78, 5) is 0. The molecule has 2 aliphatic rings. The molecule has 0 heteroatoms. The number of aryl methyl sites for hydroxylation is 1. The minimum Gasteiger partial charge on any atom is -0.0767 e. The van der Waals surface area contributed by atoms with Crippen LogP contribution in [-0.4, -0.2) is 0 Å². The number of benzene rings is 2. The summed E-state index contributed by atoms with van der Waals surface area (Å²) >= 11 is 0. The van der Waals surface area contributed by atoms with Crippen LogP contribution in [0.5, 0.6) is 0 Å². The van der Waals surface area contributed by atoms with Crippen LogP contribution in [0.15, 0.2) is 78.9 Å². The highest BCUT2D eigenvalue weighted by atomic mass is 14.4. The highest BCUT2D eigenvalue weighted by Gasteiger charge is 2.33. The van der Waals surface area contributed by atoms with E-state index in [1.807, 2.05) is 0 Å². The fourth-order valence-electron chi connectivity index (χ4n) is 3.70. The Bertz CT molecular complexity index is 758. The molecule has 4 rings (SSSR count). The van der Waals surface area contributed by atoms with E-state index in [4.69, 9.17) is 0 Å². The molecule has 2 aromatic rings. The number of allylic oxidation sites excluding steroid dienone is 6. The minimum atomic E-state index is 0.420. The Balaban J connectivity index is 1.95. The standard InChI is InChI=1S/C21H18/c1-15-9-8-14-18-17-12-6-7-13-19(17)21(20(15)18)16-10-4-2-3-5-11-16/h2-14,16,21H,1H3. The number of fused-ring (bicyclic) bond motifs is 3. The van der Waals surface area contributed by atoms with Gasteiger partial charge in [-0.05, 0) is 34.7 Å². The van der Waals surface area contributed by atoms with Crippen molar-refractivity contribution in [2.75, 3.05) is 0 Å². The first kappa shape index (κ1) is 12.4. The molecule has 0 nitrogen and oxygen atoms in total. The lowest BCUT2D eigenvalue weighted by molar-refractivity contribution is 0.697. The minimum absolute atomic E-state index is 0.420. The Morgan fingerprint density at radius 1 is 0.714 bits per heavy atom. The van der Waals surface area contributed by atoms with Crippen molar-refractivity contribution in [2.45, 2.75) is 12.8 Å². The third-order valence-corrected chi connectivity index (χ3v) is 4.61. The van der Waals surface area contributed by atoms with E-state index in [9.17, 15) is 0 Å². The molecule has 102 valence electrons. The maximum absolute atomic E-state index is 2.32. The van der Waals surface area contributed by atoms with Gasteiger partial charge in [0.1, 0.15) is 0 Å². The van der Waals surface area contributed by atoms with E-state index in [2.05, 4.69) is 85.8 Å². The van der Waals surface area contributed by atoms with Crippen LogP contribution < -0.4 is 0 Å². The van der Waals surface area contributed by atoms with E-state index in [0.717, 1.165) is 0 Å². The molecule has 0 N–H and O–H groups in total. The van der Waals surface area contributed by atoms with Gasteiger partial charge >= 0.3 is 0 Å². The first-order valence-electron chi connectivity index (χ1n) is 7.57. The van der Waals surface area contributed by atoms with Gasteiger partial charge in [0, 0.05) is 11.8 Å². The molecule has 0 saturated heterocycles. The Hall–Kier alpha value is -2.34. The van der Waals surface area contributed by atoms with Gasteiger partial charge in [-0.2, -0.15) is 0 Å². The smallest absolute Gasteiger partial charge is 0.0202 e. The molecule has 0 bridgehead atoms. The quantitative estimate of drug-likeness (QED) is 0.650. The van der Waals surface area contributed by atoms with Crippen LogP contribution in [0.1, 0.15) is 22.6 Å². The molecule has 0 aromatic heterocycles. The van der Waals surface area contributed by atoms with Gasteiger partial charge in [0.25, 0.3) is 0 Å². The molecule has 2 aromatic carbocycles. The predicted octanol–water partition coefficient (Wildman–Crippen LogP) is 5.41. The summed E-state index contributed by atoms with van der Waals surface area (Å²) < 4.78 is 0. The fourth-order valence-corrected chi connectivity index (χ4v) is 3.70. The van der Waals surface area contributed by atoms with Crippen LogP contribution in [0.2, 0.25) is 0 Å². The van der Waals surface area contributed by atoms with Gasteiger partial charge < -0.3 is 0 Å². The summed E-state index contributed by atoms with van der Waals surface area (Å²) in [7, 11) is 0. The van der Waals surface area contributed by atoms with Crippen LogP contribution in [0.3, 0.4) is 0 Å². The summed E-state index contributed by atoms with van der Waals surface area (Å²) in [6, 6.07) is 15.5. The van der Waals surface area contributed by atoms with Gasteiger partial charge in [-0.15, -0.1) is 0 Å². The molecule has 1 unspecified atom stereocenters. The first-order chi connectivity index (χ1) is 10.4. The average Bonchev–Trinajstić information content (AvgIpc) is 2.67. The summed E-state index contributed by atoms with van der Waals surface area (Å²) in [6.45, 7) is 2.24. The molecule has 0 amide bonds. The highest BCUT2D eigenvalue weighted by Crippen LogP contribution is 2.50. The number of rotatable bonds is 1. The molecule has 0 spiro atoms. The van der Waals surface area contributed by atoms with Crippen molar-refractivity contribution in [1.82, 2.24) is 0 Å². The maximum Gasteiger partial charge on any atom is 0.0202 e. The molecule has 0 radical (unpaired) electrons. The fraction of sp³-hybridized carbons (Fsp3) is 0.143. The molecule has 2 aliphatic carbocycles. The van der Waals surface area contributed by atoms with Crippen LogP contribution in [0, 0.1) is 12.8 Å². The Kier molecular flexibility index (Phi) is 2.89. The van der Waals surface area contributed by atoms with Gasteiger partial charge in [0.2, 0.25) is 0 Å². The Labute approximate surface area is 126 Å². The normalized spacial score (nSPS) is 19.4. The largest absolute Gasteiger partial charge is 0.0767 e. The third kappa shape index (κ3) is 1.91. The van der Waals surface area contributed by atoms with Crippen LogP contribution >= 0.6 is 0 Å². The van der Waals surface area contributed by atoms with Gasteiger partial charge in [-0.3, -0.25) is 0 Å². The van der Waals surface area contributed by atoms with Crippen LogP contribution in [0.25, 0.3) is 11.1 Å². The number of hydrogen-bond donors (Lipinski definition) is 0. The highest BCUT2D eigenvalue weighted by molar-refractivity contribution is 5.80. The van der Waals surface area contributed by atoms with Gasteiger partial charge in [0.05, 0.1) is 0 Å².